The van der Waals surface area contributed by atoms with Gasteiger partial charge in [-0.15, -0.1) is 0 Å². The van der Waals surface area contributed by atoms with Crippen LogP contribution in [0.2, 0.25) is 0 Å². The second-order valence-corrected chi connectivity index (χ2v) is 6.56. The highest BCUT2D eigenvalue weighted by molar-refractivity contribution is 5.94. The molecule has 1 heterocycles. The maximum atomic E-state index is 12.2. The number of amides is 1. The molecule has 2 N–H and O–H groups in total. The van der Waals surface area contributed by atoms with Crippen molar-refractivity contribution in [1.29, 1.82) is 0 Å². The first kappa shape index (κ1) is 17.9. The van der Waals surface area contributed by atoms with Crippen LogP contribution in [-0.4, -0.2) is 10.9 Å². The van der Waals surface area contributed by atoms with Gasteiger partial charge in [0.05, 0.1) is 5.52 Å². The number of hydrogen-bond acceptors (Lipinski definition) is 2. The number of benzene rings is 2. The molecule has 0 saturated heterocycles. The molecule has 0 fully saturated rings. The van der Waals surface area contributed by atoms with Crippen molar-refractivity contribution in [2.45, 2.75) is 39.0 Å². The zero-order chi connectivity index (χ0) is 18.4. The number of hydrogen-bond donors (Lipinski definition) is 2. The van der Waals surface area contributed by atoms with Gasteiger partial charge in [-0.1, -0.05) is 49.7 Å². The van der Waals surface area contributed by atoms with Gasteiger partial charge in [0.25, 0.3) is 0 Å². The average Bonchev–Trinajstić information content (AvgIpc) is 2.62. The summed E-state index contributed by atoms with van der Waals surface area (Å²) in [6, 6.07) is 17.5. The Labute approximate surface area is 153 Å². The smallest absolute Gasteiger partial charge is 0.248 e. The number of nitrogens with one attached hydrogen (secondary N) is 2. The van der Waals surface area contributed by atoms with Gasteiger partial charge in [-0.3, -0.25) is 9.59 Å². The van der Waals surface area contributed by atoms with Crippen molar-refractivity contribution in [1.82, 2.24) is 4.98 Å². The molecule has 3 aromatic rings. The lowest BCUT2D eigenvalue weighted by atomic mass is 10.0. The van der Waals surface area contributed by atoms with Crippen molar-refractivity contribution >= 4 is 22.5 Å². The molecule has 0 bridgehead atoms. The summed E-state index contributed by atoms with van der Waals surface area (Å²) in [5.74, 6) is -0.00709. The summed E-state index contributed by atoms with van der Waals surface area (Å²) in [4.78, 5) is 26.9. The van der Waals surface area contributed by atoms with Crippen LogP contribution >= 0.6 is 0 Å². The number of rotatable bonds is 7. The van der Waals surface area contributed by atoms with Crippen LogP contribution in [-0.2, 0) is 17.6 Å². The number of anilines is 1. The maximum absolute atomic E-state index is 12.2. The van der Waals surface area contributed by atoms with E-state index in [4.69, 9.17) is 0 Å². The predicted molar refractivity (Wildman–Crippen MR) is 107 cm³/mol. The molecule has 0 radical (unpaired) electrons. The van der Waals surface area contributed by atoms with Gasteiger partial charge in [0.1, 0.15) is 0 Å². The van der Waals surface area contributed by atoms with Crippen molar-refractivity contribution in [3.8, 4) is 0 Å². The minimum absolute atomic E-state index is 0.00709. The number of carbonyl (C=O) groups is 1. The highest BCUT2D eigenvalue weighted by atomic mass is 16.1. The van der Waals surface area contributed by atoms with Gasteiger partial charge in [0, 0.05) is 23.6 Å². The molecule has 0 saturated carbocycles. The molecule has 0 aliphatic carbocycles. The van der Waals surface area contributed by atoms with Crippen LogP contribution in [0.3, 0.4) is 0 Å². The lowest BCUT2D eigenvalue weighted by Crippen LogP contribution is -2.12. The van der Waals surface area contributed by atoms with E-state index in [1.165, 1.54) is 5.56 Å². The number of fused-ring (bicyclic) bond motifs is 1. The quantitative estimate of drug-likeness (QED) is 0.663. The van der Waals surface area contributed by atoms with E-state index in [0.717, 1.165) is 42.1 Å². The fourth-order valence-corrected chi connectivity index (χ4v) is 3.21. The number of H-pyrrole nitrogens is 1. The van der Waals surface area contributed by atoms with Crippen molar-refractivity contribution < 1.29 is 4.79 Å². The number of carbonyl (C=O) groups excluding carboxylic acids is 1. The molecular weight excluding hydrogens is 324 g/mol. The largest absolute Gasteiger partial charge is 0.326 e. The van der Waals surface area contributed by atoms with Gasteiger partial charge in [-0.05, 0) is 42.5 Å². The molecule has 0 atom stereocenters. The second-order valence-electron chi connectivity index (χ2n) is 6.56. The number of aromatic amines is 1. The third-order valence-electron chi connectivity index (χ3n) is 4.44. The Hall–Kier alpha value is -2.88. The van der Waals surface area contributed by atoms with E-state index < -0.39 is 0 Å². The van der Waals surface area contributed by atoms with Gasteiger partial charge >= 0.3 is 0 Å². The number of pyridine rings is 1. The molecule has 0 aliphatic heterocycles. The lowest BCUT2D eigenvalue weighted by Gasteiger charge is -2.09. The van der Waals surface area contributed by atoms with E-state index in [2.05, 4.69) is 29.4 Å². The van der Waals surface area contributed by atoms with Crippen LogP contribution in [0.1, 0.15) is 37.3 Å². The minimum Gasteiger partial charge on any atom is -0.326 e. The van der Waals surface area contributed by atoms with Gasteiger partial charge in [-0.2, -0.15) is 0 Å². The summed E-state index contributed by atoms with van der Waals surface area (Å²) in [5, 5.41) is 3.97. The van der Waals surface area contributed by atoms with E-state index in [-0.39, 0.29) is 11.5 Å². The first-order chi connectivity index (χ1) is 12.7. The maximum Gasteiger partial charge on any atom is 0.248 e. The standard InChI is InChI=1S/C22H24N2O2/c1-2-7-17-14-22(26)24-20-15-18(12-13-19(17)20)23-21(25)11-6-10-16-8-4-3-5-9-16/h3-5,8-9,12-15H,2,6-7,10-11H2,1H3,(H,23,25)(H,24,26). The summed E-state index contributed by atoms with van der Waals surface area (Å²) in [6.45, 7) is 2.09. The topological polar surface area (TPSA) is 62.0 Å². The van der Waals surface area contributed by atoms with Crippen LogP contribution in [0.25, 0.3) is 10.9 Å². The summed E-state index contributed by atoms with van der Waals surface area (Å²) in [7, 11) is 0. The molecule has 0 spiro atoms. The van der Waals surface area contributed by atoms with Crippen LogP contribution in [0.15, 0.2) is 59.4 Å². The van der Waals surface area contributed by atoms with E-state index >= 15 is 0 Å². The molecule has 4 nitrogen and oxygen atoms in total. The fourth-order valence-electron chi connectivity index (χ4n) is 3.21. The third kappa shape index (κ3) is 4.60. The second kappa shape index (κ2) is 8.48. The Balaban J connectivity index is 1.65. The Bertz CT molecular complexity index is 945. The first-order valence-corrected chi connectivity index (χ1v) is 9.15. The molecule has 0 unspecified atom stereocenters. The summed E-state index contributed by atoms with van der Waals surface area (Å²) < 4.78 is 0. The Kier molecular flexibility index (Phi) is 5.84. The molecule has 2 aromatic carbocycles. The van der Waals surface area contributed by atoms with E-state index in [9.17, 15) is 9.59 Å². The Morgan fingerprint density at radius 3 is 2.62 bits per heavy atom. The lowest BCUT2D eigenvalue weighted by molar-refractivity contribution is -0.116. The molecule has 4 heteroatoms. The molecular formula is C22H24N2O2. The molecule has 1 aromatic heterocycles. The zero-order valence-corrected chi connectivity index (χ0v) is 15.0. The van der Waals surface area contributed by atoms with Gasteiger partial charge in [0.15, 0.2) is 0 Å². The monoisotopic (exact) mass is 348 g/mol. The van der Waals surface area contributed by atoms with Crippen LogP contribution in [0.4, 0.5) is 5.69 Å². The van der Waals surface area contributed by atoms with Crippen LogP contribution in [0.5, 0.6) is 0 Å². The summed E-state index contributed by atoms with van der Waals surface area (Å²) in [6.07, 6.45) is 4.02. The summed E-state index contributed by atoms with van der Waals surface area (Å²) in [5.41, 5.74) is 3.67. The highest BCUT2D eigenvalue weighted by Gasteiger charge is 2.07. The molecule has 3 rings (SSSR count). The highest BCUT2D eigenvalue weighted by Crippen LogP contribution is 2.21. The number of aromatic nitrogens is 1. The van der Waals surface area contributed by atoms with Crippen molar-refractivity contribution in [2.24, 2.45) is 0 Å². The minimum atomic E-state index is -0.104. The van der Waals surface area contributed by atoms with Crippen molar-refractivity contribution in [2.75, 3.05) is 5.32 Å². The van der Waals surface area contributed by atoms with E-state index in [1.54, 1.807) is 6.07 Å². The van der Waals surface area contributed by atoms with Gasteiger partial charge < -0.3 is 10.3 Å². The van der Waals surface area contributed by atoms with E-state index in [0.29, 0.717) is 12.1 Å². The van der Waals surface area contributed by atoms with Crippen LogP contribution < -0.4 is 10.9 Å². The van der Waals surface area contributed by atoms with Gasteiger partial charge in [0.2, 0.25) is 11.5 Å². The average molecular weight is 348 g/mol. The van der Waals surface area contributed by atoms with Crippen molar-refractivity contribution in [3.05, 3.63) is 76.1 Å². The molecule has 0 aliphatic rings. The zero-order valence-electron chi connectivity index (χ0n) is 15.0. The van der Waals surface area contributed by atoms with Crippen LogP contribution in [0, 0.1) is 0 Å². The third-order valence-corrected chi connectivity index (χ3v) is 4.44. The molecule has 26 heavy (non-hydrogen) atoms. The van der Waals surface area contributed by atoms with E-state index in [1.807, 2.05) is 36.4 Å². The normalized spacial score (nSPS) is 10.8. The Morgan fingerprint density at radius 1 is 1.04 bits per heavy atom. The number of aryl methyl sites for hydroxylation is 2. The SMILES string of the molecule is CCCc1cc(=O)[nH]c2cc(NC(=O)CCCc3ccccc3)ccc12. The Morgan fingerprint density at radius 2 is 1.85 bits per heavy atom. The predicted octanol–water partition coefficient (Wildman–Crippen LogP) is 4.44. The molecule has 1 amide bonds. The fraction of sp³-hybridized carbons (Fsp3) is 0.273. The summed E-state index contributed by atoms with van der Waals surface area (Å²) >= 11 is 0. The van der Waals surface area contributed by atoms with Gasteiger partial charge in [-0.25, -0.2) is 0 Å². The first-order valence-electron chi connectivity index (χ1n) is 9.15. The molecule has 134 valence electrons. The van der Waals surface area contributed by atoms with Crippen molar-refractivity contribution in [3.63, 3.8) is 0 Å².